The topological polar surface area (TPSA) is 87.6 Å². The molecule has 0 spiro atoms. The number of methoxy groups -OCH3 is 1. The molecular weight excluding hydrogens is 224 g/mol. The van der Waals surface area contributed by atoms with E-state index in [1.54, 1.807) is 19.2 Å². The van der Waals surface area contributed by atoms with Crippen LogP contribution in [0.1, 0.15) is 12.0 Å². The molecule has 0 aliphatic heterocycles. The fraction of sp³-hybridized carbons (Fsp3) is 0.455. The third-order valence-corrected chi connectivity index (χ3v) is 2.21. The number of hydrogen-bond acceptors (Lipinski definition) is 5. The molecule has 0 saturated heterocycles. The van der Waals surface area contributed by atoms with E-state index in [0.717, 1.165) is 5.56 Å². The molecule has 17 heavy (non-hydrogen) atoms. The molecule has 6 heteroatoms. The second-order valence-corrected chi connectivity index (χ2v) is 3.46. The van der Waals surface area contributed by atoms with Gasteiger partial charge in [0.1, 0.15) is 0 Å². The molecule has 0 aliphatic rings. The van der Waals surface area contributed by atoms with Crippen molar-refractivity contribution >= 4 is 5.69 Å². The van der Waals surface area contributed by atoms with Crippen LogP contribution in [0.15, 0.2) is 18.2 Å². The number of nitro benzene ring substituents is 1. The normalized spacial score (nSPS) is 10.2. The quantitative estimate of drug-likeness (QED) is 0.443. The summed E-state index contributed by atoms with van der Waals surface area (Å²) in [5, 5.41) is 10.8. The first-order valence-corrected chi connectivity index (χ1v) is 5.28. The number of nitrogens with two attached hydrogens (primary N) is 1. The van der Waals surface area contributed by atoms with E-state index in [2.05, 4.69) is 0 Å². The number of rotatable bonds is 7. The average Bonchev–Trinajstić information content (AvgIpc) is 2.34. The predicted octanol–water partition coefficient (Wildman–Crippen LogP) is 1.47. The minimum atomic E-state index is -0.466. The summed E-state index contributed by atoms with van der Waals surface area (Å²) in [5.74, 6) is 0.258. The van der Waals surface area contributed by atoms with Gasteiger partial charge in [-0.1, -0.05) is 6.07 Å². The molecule has 0 unspecified atom stereocenters. The molecule has 6 nitrogen and oxygen atoms in total. The van der Waals surface area contributed by atoms with Crippen molar-refractivity contribution in [2.75, 3.05) is 20.3 Å². The van der Waals surface area contributed by atoms with Gasteiger partial charge in [-0.05, 0) is 11.6 Å². The highest BCUT2D eigenvalue weighted by molar-refractivity contribution is 5.48. The van der Waals surface area contributed by atoms with E-state index in [9.17, 15) is 10.1 Å². The van der Waals surface area contributed by atoms with Gasteiger partial charge in [0.2, 0.25) is 0 Å². The van der Waals surface area contributed by atoms with Crippen LogP contribution in [0.2, 0.25) is 0 Å². The highest BCUT2D eigenvalue weighted by atomic mass is 16.6. The molecule has 1 aromatic carbocycles. The molecule has 0 radical (unpaired) electrons. The van der Waals surface area contributed by atoms with E-state index in [0.29, 0.717) is 26.2 Å². The van der Waals surface area contributed by atoms with Crippen LogP contribution in [0.5, 0.6) is 5.75 Å². The Bertz CT molecular complexity index is 382. The van der Waals surface area contributed by atoms with Crippen molar-refractivity contribution in [3.8, 4) is 5.75 Å². The highest BCUT2D eigenvalue weighted by Gasteiger charge is 2.15. The van der Waals surface area contributed by atoms with E-state index in [1.807, 2.05) is 0 Å². The molecule has 94 valence electrons. The maximum atomic E-state index is 10.8. The number of nitro groups is 1. The van der Waals surface area contributed by atoms with Gasteiger partial charge in [0, 0.05) is 32.7 Å². The van der Waals surface area contributed by atoms with E-state index >= 15 is 0 Å². The number of ether oxygens (including phenoxy) is 2. The first-order valence-electron chi connectivity index (χ1n) is 5.28. The minimum absolute atomic E-state index is 0.0420. The summed E-state index contributed by atoms with van der Waals surface area (Å²) in [4.78, 5) is 10.3. The van der Waals surface area contributed by atoms with E-state index in [1.165, 1.54) is 6.07 Å². The van der Waals surface area contributed by atoms with Gasteiger partial charge in [-0.2, -0.15) is 0 Å². The van der Waals surface area contributed by atoms with Crippen LogP contribution in [0, 0.1) is 10.1 Å². The van der Waals surface area contributed by atoms with E-state index in [-0.39, 0.29) is 11.4 Å². The van der Waals surface area contributed by atoms with Crippen LogP contribution in [-0.4, -0.2) is 25.2 Å². The first kappa shape index (κ1) is 13.4. The summed E-state index contributed by atoms with van der Waals surface area (Å²) >= 11 is 0. The van der Waals surface area contributed by atoms with Gasteiger partial charge >= 0.3 is 5.69 Å². The summed E-state index contributed by atoms with van der Waals surface area (Å²) in [6.45, 7) is 1.26. The second-order valence-electron chi connectivity index (χ2n) is 3.46. The highest BCUT2D eigenvalue weighted by Crippen LogP contribution is 2.27. The van der Waals surface area contributed by atoms with Gasteiger partial charge in [0.05, 0.1) is 11.5 Å². The SMILES string of the molecule is COCCCOc1cc(CN)ccc1[N+](=O)[O-]. The summed E-state index contributed by atoms with van der Waals surface area (Å²) in [6.07, 6.45) is 0.681. The molecule has 1 aromatic rings. The standard InChI is InChI=1S/C11H16N2O4/c1-16-5-2-6-17-11-7-9(8-12)3-4-10(11)13(14)15/h3-4,7H,2,5-6,8,12H2,1H3. The summed E-state index contributed by atoms with van der Waals surface area (Å²) < 4.78 is 10.2. The van der Waals surface area contributed by atoms with Crippen molar-refractivity contribution < 1.29 is 14.4 Å². The van der Waals surface area contributed by atoms with Gasteiger partial charge in [-0.15, -0.1) is 0 Å². The zero-order chi connectivity index (χ0) is 12.7. The molecule has 0 amide bonds. The van der Waals surface area contributed by atoms with Crippen molar-refractivity contribution in [3.63, 3.8) is 0 Å². The van der Waals surface area contributed by atoms with Gasteiger partial charge in [-0.25, -0.2) is 0 Å². The van der Waals surface area contributed by atoms with E-state index < -0.39 is 4.92 Å². The Morgan fingerprint density at radius 1 is 1.41 bits per heavy atom. The Labute approximate surface area is 99.5 Å². The lowest BCUT2D eigenvalue weighted by atomic mass is 10.2. The van der Waals surface area contributed by atoms with Crippen LogP contribution in [0.3, 0.4) is 0 Å². The third-order valence-electron chi connectivity index (χ3n) is 2.21. The zero-order valence-electron chi connectivity index (χ0n) is 9.72. The average molecular weight is 240 g/mol. The molecule has 2 N–H and O–H groups in total. The summed E-state index contributed by atoms with van der Waals surface area (Å²) in [5.41, 5.74) is 6.24. The van der Waals surface area contributed by atoms with Gasteiger partial charge in [0.25, 0.3) is 0 Å². The first-order chi connectivity index (χ1) is 8.19. The fourth-order valence-electron chi connectivity index (χ4n) is 1.34. The largest absolute Gasteiger partial charge is 0.487 e. The molecule has 0 atom stereocenters. The van der Waals surface area contributed by atoms with Crippen molar-refractivity contribution in [2.45, 2.75) is 13.0 Å². The van der Waals surface area contributed by atoms with Crippen LogP contribution in [0.25, 0.3) is 0 Å². The minimum Gasteiger partial charge on any atom is -0.487 e. The summed E-state index contributed by atoms with van der Waals surface area (Å²) in [7, 11) is 1.59. The van der Waals surface area contributed by atoms with Crippen LogP contribution >= 0.6 is 0 Å². The molecule has 0 saturated carbocycles. The molecule has 0 heterocycles. The fourth-order valence-corrected chi connectivity index (χ4v) is 1.34. The maximum absolute atomic E-state index is 10.8. The number of nitrogens with zero attached hydrogens (tertiary/aromatic N) is 1. The molecule has 0 bridgehead atoms. The van der Waals surface area contributed by atoms with Crippen molar-refractivity contribution in [1.82, 2.24) is 0 Å². The summed E-state index contributed by atoms with van der Waals surface area (Å²) in [6, 6.07) is 4.64. The Morgan fingerprint density at radius 2 is 2.18 bits per heavy atom. The van der Waals surface area contributed by atoms with Crippen molar-refractivity contribution in [2.24, 2.45) is 5.73 Å². The van der Waals surface area contributed by atoms with Crippen molar-refractivity contribution in [1.29, 1.82) is 0 Å². The van der Waals surface area contributed by atoms with Crippen LogP contribution in [0.4, 0.5) is 5.69 Å². The van der Waals surface area contributed by atoms with Crippen LogP contribution < -0.4 is 10.5 Å². The number of hydrogen-bond donors (Lipinski definition) is 1. The Balaban J connectivity index is 2.75. The zero-order valence-corrected chi connectivity index (χ0v) is 9.72. The molecule has 0 aliphatic carbocycles. The Kier molecular flexibility index (Phi) is 5.38. The number of benzene rings is 1. The third kappa shape index (κ3) is 4.01. The van der Waals surface area contributed by atoms with E-state index in [4.69, 9.17) is 15.2 Å². The van der Waals surface area contributed by atoms with Gasteiger partial charge in [0.15, 0.2) is 5.75 Å². The molecular formula is C11H16N2O4. The molecule has 0 aromatic heterocycles. The Morgan fingerprint density at radius 3 is 2.76 bits per heavy atom. The second kappa shape index (κ2) is 6.82. The maximum Gasteiger partial charge on any atom is 0.310 e. The lowest BCUT2D eigenvalue weighted by Crippen LogP contribution is -2.05. The predicted molar refractivity (Wildman–Crippen MR) is 63.0 cm³/mol. The van der Waals surface area contributed by atoms with Gasteiger partial charge < -0.3 is 15.2 Å². The van der Waals surface area contributed by atoms with Crippen LogP contribution in [-0.2, 0) is 11.3 Å². The van der Waals surface area contributed by atoms with Gasteiger partial charge in [-0.3, -0.25) is 10.1 Å². The molecule has 0 fully saturated rings. The lowest BCUT2D eigenvalue weighted by molar-refractivity contribution is -0.385. The Hall–Kier alpha value is -1.66. The smallest absolute Gasteiger partial charge is 0.310 e. The van der Waals surface area contributed by atoms with Crippen molar-refractivity contribution in [3.05, 3.63) is 33.9 Å². The molecule has 1 rings (SSSR count). The lowest BCUT2D eigenvalue weighted by Gasteiger charge is -2.07. The monoisotopic (exact) mass is 240 g/mol.